The van der Waals surface area contributed by atoms with Crippen molar-refractivity contribution in [1.82, 2.24) is 19.5 Å². The molecule has 0 saturated heterocycles. The van der Waals surface area contributed by atoms with Gasteiger partial charge in [0.1, 0.15) is 0 Å². The van der Waals surface area contributed by atoms with E-state index in [0.29, 0.717) is 17.5 Å². The van der Waals surface area contributed by atoms with Crippen LogP contribution >= 0.6 is 0 Å². The van der Waals surface area contributed by atoms with Gasteiger partial charge in [0.2, 0.25) is 0 Å². The lowest BCUT2D eigenvalue weighted by atomic mass is 9.90. The average Bonchev–Trinajstić information content (AvgIpc) is 3.87. The van der Waals surface area contributed by atoms with Crippen LogP contribution in [0.1, 0.15) is 22.6 Å². The first-order valence-electron chi connectivity index (χ1n) is 22.0. The number of nitrogens with zero attached hydrogens (tertiary/aromatic N) is 5. The van der Waals surface area contributed by atoms with Gasteiger partial charge in [-0.1, -0.05) is 182 Å². The second kappa shape index (κ2) is 15.3. The van der Waals surface area contributed by atoms with Gasteiger partial charge in [-0.05, 0) is 72.0 Å². The van der Waals surface area contributed by atoms with Crippen LogP contribution < -0.4 is 4.90 Å². The minimum atomic E-state index is 0.0638. The van der Waals surface area contributed by atoms with Crippen molar-refractivity contribution in [3.05, 3.63) is 229 Å². The van der Waals surface area contributed by atoms with Gasteiger partial charge in [-0.3, -0.25) is 0 Å². The highest BCUT2D eigenvalue weighted by Crippen LogP contribution is 2.53. The summed E-state index contributed by atoms with van der Waals surface area (Å²) in [5.74, 6) is 2.02. The summed E-state index contributed by atoms with van der Waals surface area (Å²) in [5.41, 5.74) is 16.6. The zero-order chi connectivity index (χ0) is 42.7. The first-order chi connectivity index (χ1) is 31.6. The van der Waals surface area contributed by atoms with E-state index in [1.165, 1.54) is 38.7 Å². The smallest absolute Gasteiger partial charge is 0.166 e. The van der Waals surface area contributed by atoms with E-state index in [2.05, 4.69) is 230 Å². The third-order valence-electron chi connectivity index (χ3n) is 13.1. The number of benzene rings is 8. The van der Waals surface area contributed by atoms with Crippen LogP contribution in [0.2, 0.25) is 0 Å². The van der Waals surface area contributed by atoms with Gasteiger partial charge in [-0.25, -0.2) is 15.0 Å². The molecule has 2 aromatic heterocycles. The van der Waals surface area contributed by atoms with Crippen molar-refractivity contribution >= 4 is 33.2 Å². The first-order valence-corrected chi connectivity index (χ1v) is 22.0. The molecular weight excluding hydrogens is 779 g/mol. The summed E-state index contributed by atoms with van der Waals surface area (Å²) >= 11 is 0. The zero-order valence-electron chi connectivity index (χ0n) is 35.6. The average molecular weight is 822 g/mol. The topological polar surface area (TPSA) is 46.8 Å². The fourth-order valence-corrected chi connectivity index (χ4v) is 10.2. The predicted molar refractivity (Wildman–Crippen MR) is 264 cm³/mol. The fraction of sp³-hybridized carbons (Fsp3) is 0.0678. The lowest BCUT2D eigenvalue weighted by Gasteiger charge is -2.32. The van der Waals surface area contributed by atoms with Crippen molar-refractivity contribution in [3.8, 4) is 62.1 Å². The van der Waals surface area contributed by atoms with Gasteiger partial charge < -0.3 is 9.47 Å². The van der Waals surface area contributed by atoms with Crippen LogP contribution in [0.5, 0.6) is 0 Å². The number of aromatic nitrogens is 4. The van der Waals surface area contributed by atoms with Gasteiger partial charge in [0.05, 0.1) is 28.5 Å². The van der Waals surface area contributed by atoms with Crippen molar-refractivity contribution in [2.75, 3.05) is 4.90 Å². The molecule has 2 aliphatic rings. The van der Waals surface area contributed by atoms with Crippen molar-refractivity contribution < 1.29 is 0 Å². The van der Waals surface area contributed by atoms with Gasteiger partial charge >= 0.3 is 0 Å². The highest BCUT2D eigenvalue weighted by molar-refractivity contribution is 6.10. The molecule has 304 valence electrons. The number of aryl methyl sites for hydroxylation is 2. The van der Waals surface area contributed by atoms with E-state index in [4.69, 9.17) is 15.0 Å². The van der Waals surface area contributed by atoms with Crippen LogP contribution in [-0.2, 0) is 0 Å². The molecule has 0 fully saturated rings. The van der Waals surface area contributed by atoms with E-state index in [-0.39, 0.29) is 12.0 Å². The number of fused-ring (bicyclic) bond motifs is 6. The van der Waals surface area contributed by atoms with Crippen LogP contribution in [0.25, 0.3) is 83.9 Å². The molecule has 0 N–H and O–H groups in total. The van der Waals surface area contributed by atoms with Crippen LogP contribution in [0.15, 0.2) is 212 Å². The molecule has 5 heteroatoms. The number of allylic oxidation sites excluding steroid dienone is 2. The van der Waals surface area contributed by atoms with Gasteiger partial charge in [0, 0.05) is 50.2 Å². The molecule has 0 bridgehead atoms. The van der Waals surface area contributed by atoms with Gasteiger partial charge in [-0.2, -0.15) is 0 Å². The summed E-state index contributed by atoms with van der Waals surface area (Å²) < 4.78 is 2.42. The van der Waals surface area contributed by atoms with E-state index in [1.54, 1.807) is 0 Å². The Balaban J connectivity index is 1.18. The second-order valence-electron chi connectivity index (χ2n) is 16.8. The number of hydrogen-bond acceptors (Lipinski definition) is 4. The van der Waals surface area contributed by atoms with E-state index in [0.717, 1.165) is 55.8 Å². The van der Waals surface area contributed by atoms with Crippen molar-refractivity contribution in [3.63, 3.8) is 0 Å². The molecule has 2 atom stereocenters. The lowest BCUT2D eigenvalue weighted by Crippen LogP contribution is -2.29. The Hall–Kier alpha value is -8.15. The molecule has 2 unspecified atom stereocenters. The summed E-state index contributed by atoms with van der Waals surface area (Å²) in [6.45, 7) is 4.38. The second-order valence-corrected chi connectivity index (χ2v) is 16.8. The van der Waals surface area contributed by atoms with Crippen molar-refractivity contribution in [2.45, 2.75) is 25.8 Å². The number of rotatable bonds is 7. The maximum Gasteiger partial charge on any atom is 0.166 e. The Morgan fingerprint density at radius 2 is 0.875 bits per heavy atom. The van der Waals surface area contributed by atoms with E-state index >= 15 is 0 Å². The highest BCUT2D eigenvalue weighted by Gasteiger charge is 2.39. The Kier molecular flexibility index (Phi) is 9.01. The predicted octanol–water partition coefficient (Wildman–Crippen LogP) is 14.7. The summed E-state index contributed by atoms with van der Waals surface area (Å²) in [5, 5.41) is 2.39. The quantitative estimate of drug-likeness (QED) is 0.161. The summed E-state index contributed by atoms with van der Waals surface area (Å²) in [6.07, 6.45) is 9.04. The number of anilines is 2. The third-order valence-corrected chi connectivity index (χ3v) is 13.1. The number of hydrogen-bond donors (Lipinski definition) is 0. The minimum Gasteiger partial charge on any atom is -0.332 e. The monoisotopic (exact) mass is 821 g/mol. The summed E-state index contributed by atoms with van der Waals surface area (Å²) in [6, 6.07) is 67.1. The molecule has 0 spiro atoms. The lowest BCUT2D eigenvalue weighted by molar-refractivity contribution is 0.745. The molecule has 12 rings (SSSR count). The van der Waals surface area contributed by atoms with Gasteiger partial charge in [0.25, 0.3) is 0 Å². The van der Waals surface area contributed by atoms with Crippen molar-refractivity contribution in [2.24, 2.45) is 0 Å². The molecule has 3 heterocycles. The molecule has 8 aromatic carbocycles. The fourth-order valence-electron chi connectivity index (χ4n) is 10.2. The van der Waals surface area contributed by atoms with Gasteiger partial charge in [0.15, 0.2) is 17.5 Å². The SMILES string of the molecule is Cc1ccccc1-c1cccc(-c2nc(-c3ccccc3)nc(-c3cccc(-c4ccccc4C)c3-n3c4ccccc4c4ccccc43)n2)c1N1c2ccccc2C2C=CC=CC21. The van der Waals surface area contributed by atoms with Crippen LogP contribution in [0.3, 0.4) is 0 Å². The standard InChI is InChI=1S/C59H43N5/c1-38-20-6-8-24-41(38)47-30-18-32-49(55(47)63-51-34-14-10-26-43(51)44-27-11-15-35-52(44)63)58-60-57(40-22-4-3-5-23-40)61-59(62-58)50-33-19-31-48(42-25-9-7-21-39(42)2)56(50)64-53-36-16-12-28-45(53)46-29-13-17-37-54(46)64/h3-37,43,51H,1-2H3. The van der Waals surface area contributed by atoms with Crippen LogP contribution in [0, 0.1) is 13.8 Å². The largest absolute Gasteiger partial charge is 0.332 e. The molecule has 64 heavy (non-hydrogen) atoms. The molecule has 1 aliphatic carbocycles. The normalized spacial score (nSPS) is 15.2. The van der Waals surface area contributed by atoms with Gasteiger partial charge in [-0.15, -0.1) is 0 Å². The Labute approximate surface area is 373 Å². The van der Waals surface area contributed by atoms with E-state index in [9.17, 15) is 0 Å². The van der Waals surface area contributed by atoms with Crippen LogP contribution in [0.4, 0.5) is 11.4 Å². The Morgan fingerprint density at radius 1 is 0.391 bits per heavy atom. The molecule has 0 radical (unpaired) electrons. The molecule has 0 saturated carbocycles. The Bertz CT molecular complexity index is 3450. The van der Waals surface area contributed by atoms with E-state index in [1.807, 2.05) is 6.07 Å². The van der Waals surface area contributed by atoms with Crippen LogP contribution in [-0.4, -0.2) is 25.6 Å². The molecule has 1 aliphatic heterocycles. The summed E-state index contributed by atoms with van der Waals surface area (Å²) in [4.78, 5) is 19.1. The number of para-hydroxylation sites is 5. The van der Waals surface area contributed by atoms with Crippen molar-refractivity contribution in [1.29, 1.82) is 0 Å². The zero-order valence-corrected chi connectivity index (χ0v) is 35.6. The summed E-state index contributed by atoms with van der Waals surface area (Å²) in [7, 11) is 0. The first kappa shape index (κ1) is 37.6. The maximum atomic E-state index is 5.64. The highest BCUT2D eigenvalue weighted by atomic mass is 15.2. The molecule has 5 nitrogen and oxygen atoms in total. The Morgan fingerprint density at radius 3 is 1.53 bits per heavy atom. The van der Waals surface area contributed by atoms with E-state index < -0.39 is 0 Å². The molecular formula is C59H43N5. The molecule has 0 amide bonds. The molecule has 10 aromatic rings. The third kappa shape index (κ3) is 6.04. The maximum absolute atomic E-state index is 5.64. The minimum absolute atomic E-state index is 0.0638.